The van der Waals surface area contributed by atoms with Gasteiger partial charge in [0.05, 0.1) is 12.0 Å². The Balaban J connectivity index is 1.62. The molecule has 2 atom stereocenters. The summed E-state index contributed by atoms with van der Waals surface area (Å²) >= 11 is 6.73. The van der Waals surface area contributed by atoms with Gasteiger partial charge in [-0.2, -0.15) is 0 Å². The average Bonchev–Trinajstić information content (AvgIpc) is 2.39. The second-order valence-corrected chi connectivity index (χ2v) is 7.97. The molecule has 0 radical (unpaired) electrons. The maximum Gasteiger partial charge on any atom is 0.239 e. The molecule has 21 heavy (non-hydrogen) atoms. The fourth-order valence-electron chi connectivity index (χ4n) is 5.01. The van der Waals surface area contributed by atoms with Crippen LogP contribution in [0, 0.1) is 17.3 Å². The molecule has 4 aliphatic rings. The molecule has 0 heterocycles. The molecule has 4 aliphatic carbocycles. The molecule has 0 aliphatic heterocycles. The van der Waals surface area contributed by atoms with Crippen molar-refractivity contribution in [2.75, 3.05) is 13.1 Å². The molecule has 4 saturated carbocycles. The van der Waals surface area contributed by atoms with E-state index >= 15 is 0 Å². The Morgan fingerprint density at radius 2 is 1.86 bits per heavy atom. The molecule has 2 N–H and O–H groups in total. The number of hydrogen-bond acceptors (Lipinski definition) is 2. The van der Waals surface area contributed by atoms with Gasteiger partial charge < -0.3 is 10.6 Å². The quantitative estimate of drug-likeness (QED) is 0.602. The second-order valence-electron chi connectivity index (χ2n) is 7.17. The van der Waals surface area contributed by atoms with Gasteiger partial charge >= 0.3 is 0 Å². The third-order valence-electron chi connectivity index (χ3n) is 5.32. The Bertz CT molecular complexity index is 463. The van der Waals surface area contributed by atoms with Crippen molar-refractivity contribution < 1.29 is 9.59 Å². The van der Waals surface area contributed by atoms with Gasteiger partial charge in [-0.15, -0.1) is 18.2 Å². The first-order chi connectivity index (χ1) is 9.95. The van der Waals surface area contributed by atoms with Crippen LogP contribution in [0.4, 0.5) is 0 Å². The van der Waals surface area contributed by atoms with Crippen molar-refractivity contribution in [3.63, 3.8) is 0 Å². The third-order valence-corrected chi connectivity index (χ3v) is 5.77. The molecule has 0 spiro atoms. The van der Waals surface area contributed by atoms with Crippen LogP contribution in [0.5, 0.6) is 0 Å². The van der Waals surface area contributed by atoms with E-state index in [4.69, 9.17) is 11.6 Å². The van der Waals surface area contributed by atoms with Crippen LogP contribution in [0.2, 0.25) is 0 Å². The number of alkyl halides is 1. The monoisotopic (exact) mass is 310 g/mol. The molecule has 2 amide bonds. The van der Waals surface area contributed by atoms with Crippen molar-refractivity contribution in [3.05, 3.63) is 12.7 Å². The van der Waals surface area contributed by atoms with Crippen molar-refractivity contribution in [2.24, 2.45) is 17.3 Å². The molecular formula is C16H23ClN2O2. The summed E-state index contributed by atoms with van der Waals surface area (Å²) < 4.78 is 0. The minimum Gasteiger partial charge on any atom is -0.351 e. The van der Waals surface area contributed by atoms with E-state index in [1.54, 1.807) is 6.08 Å². The van der Waals surface area contributed by atoms with E-state index in [9.17, 15) is 9.59 Å². The summed E-state index contributed by atoms with van der Waals surface area (Å²) in [6.07, 6.45) is 7.62. The summed E-state index contributed by atoms with van der Waals surface area (Å²) in [7, 11) is 0. The van der Waals surface area contributed by atoms with Crippen molar-refractivity contribution in [2.45, 2.75) is 43.4 Å². The van der Waals surface area contributed by atoms with Crippen LogP contribution in [0.25, 0.3) is 0 Å². The zero-order chi connectivity index (χ0) is 15.1. The minimum atomic E-state index is -0.329. The van der Waals surface area contributed by atoms with Gasteiger partial charge in [0.25, 0.3) is 0 Å². The summed E-state index contributed by atoms with van der Waals surface area (Å²) in [6, 6.07) is 0. The van der Waals surface area contributed by atoms with Crippen molar-refractivity contribution in [1.29, 1.82) is 0 Å². The molecule has 0 saturated heterocycles. The van der Waals surface area contributed by atoms with Gasteiger partial charge in [0.15, 0.2) is 0 Å². The van der Waals surface area contributed by atoms with Crippen LogP contribution in [0.15, 0.2) is 12.7 Å². The largest absolute Gasteiger partial charge is 0.351 e. The van der Waals surface area contributed by atoms with E-state index in [-0.39, 0.29) is 28.6 Å². The highest BCUT2D eigenvalue weighted by Crippen LogP contribution is 2.63. The summed E-state index contributed by atoms with van der Waals surface area (Å²) in [6.45, 7) is 4.01. The topological polar surface area (TPSA) is 58.2 Å². The SMILES string of the molecule is C=CCNC(=O)CNC(=O)C12C[C@@H]3C[C@H](CC(Cl)(C3)C1)C2. The van der Waals surface area contributed by atoms with E-state index in [1.807, 2.05) is 0 Å². The van der Waals surface area contributed by atoms with Crippen LogP contribution in [-0.4, -0.2) is 29.8 Å². The molecular weight excluding hydrogens is 288 g/mol. The summed E-state index contributed by atoms with van der Waals surface area (Å²) in [5.74, 6) is 1.03. The predicted octanol–water partition coefficient (Wildman–Crippen LogP) is 1.98. The number of carbonyl (C=O) groups is 2. The molecule has 4 bridgehead atoms. The molecule has 0 aromatic carbocycles. The summed E-state index contributed by atoms with van der Waals surface area (Å²) in [5.41, 5.74) is -0.329. The zero-order valence-electron chi connectivity index (χ0n) is 12.3. The van der Waals surface area contributed by atoms with Crippen LogP contribution in [0.1, 0.15) is 38.5 Å². The standard InChI is InChI=1S/C16H23ClN2O2/c1-2-3-18-13(20)9-19-14(21)15-5-11-4-12(6-15)8-16(17,7-11)10-15/h2,11-12H,1,3-10H2,(H,18,20)(H,19,21)/t11-,12-,15?,16?/m0/s1. The fourth-order valence-corrected chi connectivity index (χ4v) is 5.71. The smallest absolute Gasteiger partial charge is 0.239 e. The third kappa shape index (κ3) is 2.83. The van der Waals surface area contributed by atoms with E-state index in [1.165, 1.54) is 6.42 Å². The first-order valence-corrected chi connectivity index (χ1v) is 8.17. The fraction of sp³-hybridized carbons (Fsp3) is 0.750. The lowest BCUT2D eigenvalue weighted by molar-refractivity contribution is -0.145. The van der Waals surface area contributed by atoms with Crippen LogP contribution >= 0.6 is 11.6 Å². The molecule has 4 rings (SSSR count). The van der Waals surface area contributed by atoms with Gasteiger partial charge in [0, 0.05) is 11.4 Å². The molecule has 116 valence electrons. The number of halogens is 1. The zero-order valence-corrected chi connectivity index (χ0v) is 13.0. The van der Waals surface area contributed by atoms with Gasteiger partial charge in [0.1, 0.15) is 0 Å². The Kier molecular flexibility index (Phi) is 3.76. The number of rotatable bonds is 5. The van der Waals surface area contributed by atoms with Gasteiger partial charge in [-0.1, -0.05) is 6.08 Å². The Hall–Kier alpha value is -1.03. The first kappa shape index (κ1) is 14.9. The van der Waals surface area contributed by atoms with E-state index in [2.05, 4.69) is 17.2 Å². The van der Waals surface area contributed by atoms with Gasteiger partial charge in [-0.25, -0.2) is 0 Å². The van der Waals surface area contributed by atoms with Crippen LogP contribution < -0.4 is 10.6 Å². The molecule has 4 fully saturated rings. The van der Waals surface area contributed by atoms with Gasteiger partial charge in [0.2, 0.25) is 11.8 Å². The highest BCUT2D eigenvalue weighted by molar-refractivity contribution is 6.24. The van der Waals surface area contributed by atoms with Crippen LogP contribution in [0.3, 0.4) is 0 Å². The number of carbonyl (C=O) groups excluding carboxylic acids is 2. The Morgan fingerprint density at radius 1 is 1.19 bits per heavy atom. The second kappa shape index (κ2) is 5.31. The maximum atomic E-state index is 12.6. The Morgan fingerprint density at radius 3 is 2.43 bits per heavy atom. The highest BCUT2D eigenvalue weighted by Gasteiger charge is 2.59. The van der Waals surface area contributed by atoms with Crippen molar-refractivity contribution in [3.8, 4) is 0 Å². The highest BCUT2D eigenvalue weighted by atomic mass is 35.5. The maximum absolute atomic E-state index is 12.6. The lowest BCUT2D eigenvalue weighted by Gasteiger charge is -2.59. The number of amides is 2. The molecule has 0 aromatic heterocycles. The van der Waals surface area contributed by atoms with Crippen LogP contribution in [-0.2, 0) is 9.59 Å². The van der Waals surface area contributed by atoms with E-state index in [0.29, 0.717) is 18.4 Å². The summed E-state index contributed by atoms with van der Waals surface area (Å²) in [5, 5.41) is 5.49. The van der Waals surface area contributed by atoms with Gasteiger partial charge in [-0.05, 0) is 50.4 Å². The lowest BCUT2D eigenvalue weighted by Crippen LogP contribution is -2.59. The van der Waals surface area contributed by atoms with Gasteiger partial charge in [-0.3, -0.25) is 9.59 Å². The normalized spacial score (nSPS) is 39.9. The van der Waals surface area contributed by atoms with E-state index < -0.39 is 0 Å². The number of nitrogens with one attached hydrogen (secondary N) is 2. The predicted molar refractivity (Wildman–Crippen MR) is 81.9 cm³/mol. The lowest BCUT2D eigenvalue weighted by atomic mass is 9.49. The Labute approximate surface area is 130 Å². The minimum absolute atomic E-state index is 0.0235. The average molecular weight is 311 g/mol. The van der Waals surface area contributed by atoms with Crippen molar-refractivity contribution in [1.82, 2.24) is 10.6 Å². The van der Waals surface area contributed by atoms with E-state index in [0.717, 1.165) is 32.1 Å². The number of hydrogen-bond donors (Lipinski definition) is 2. The molecule has 5 heteroatoms. The first-order valence-electron chi connectivity index (χ1n) is 7.80. The van der Waals surface area contributed by atoms with Crippen molar-refractivity contribution >= 4 is 23.4 Å². The molecule has 0 unspecified atom stereocenters. The molecule has 4 nitrogen and oxygen atoms in total. The summed E-state index contributed by atoms with van der Waals surface area (Å²) in [4.78, 5) is 24.1. The molecule has 0 aromatic rings.